The van der Waals surface area contributed by atoms with Crippen molar-refractivity contribution in [3.05, 3.63) is 35.5 Å². The van der Waals surface area contributed by atoms with Crippen LogP contribution in [0.2, 0.25) is 0 Å². The second kappa shape index (κ2) is 3.56. The molecule has 0 spiro atoms. The number of hydrogen-bond acceptors (Lipinski definition) is 0. The van der Waals surface area contributed by atoms with Gasteiger partial charge in [-0.15, -0.1) is 0 Å². The van der Waals surface area contributed by atoms with Crippen molar-refractivity contribution in [3.8, 4) is 0 Å². The lowest BCUT2D eigenvalue weighted by Gasteiger charge is -2.09. The Morgan fingerprint density at radius 1 is 1.36 bits per heavy atom. The molecule has 0 aliphatic heterocycles. The zero-order chi connectivity index (χ0) is 8.27. The summed E-state index contributed by atoms with van der Waals surface area (Å²) in [5.41, 5.74) is 2.91. The van der Waals surface area contributed by atoms with E-state index >= 15 is 0 Å². The lowest BCUT2D eigenvalue weighted by molar-refractivity contribution is 0.777. The van der Waals surface area contributed by atoms with Crippen molar-refractivity contribution in [1.29, 1.82) is 0 Å². The Bertz CT molecular complexity index is 214. The first-order chi connectivity index (χ1) is 5.22. The van der Waals surface area contributed by atoms with Gasteiger partial charge in [0.05, 0.1) is 0 Å². The molecular formula is C11H16. The van der Waals surface area contributed by atoms with Gasteiger partial charge in [-0.05, 0) is 24.8 Å². The van der Waals surface area contributed by atoms with Gasteiger partial charge in [0.2, 0.25) is 0 Å². The van der Waals surface area contributed by atoms with Crippen molar-refractivity contribution in [1.82, 2.24) is 0 Å². The van der Waals surface area contributed by atoms with Gasteiger partial charge < -0.3 is 0 Å². The molecule has 0 atom stereocenters. The molecule has 0 aromatic carbocycles. The maximum atomic E-state index is 2.29. The van der Waals surface area contributed by atoms with Gasteiger partial charge in [0.25, 0.3) is 0 Å². The molecule has 0 heteroatoms. The highest BCUT2D eigenvalue weighted by Crippen LogP contribution is 2.21. The zero-order valence-electron chi connectivity index (χ0n) is 7.59. The van der Waals surface area contributed by atoms with E-state index in [1.807, 2.05) is 0 Å². The SMILES string of the molecule is CC1=CCC=CC=C1C(C)C. The smallest absolute Gasteiger partial charge is 0.0160 e. The second-order valence-corrected chi connectivity index (χ2v) is 3.33. The molecule has 60 valence electrons. The normalized spacial score (nSPS) is 17.8. The molecule has 0 fully saturated rings. The lowest BCUT2D eigenvalue weighted by Crippen LogP contribution is -1.94. The topological polar surface area (TPSA) is 0 Å². The Kier molecular flexibility index (Phi) is 2.70. The van der Waals surface area contributed by atoms with E-state index in [0.29, 0.717) is 5.92 Å². The van der Waals surface area contributed by atoms with Crippen LogP contribution in [-0.4, -0.2) is 0 Å². The third-order valence-electron chi connectivity index (χ3n) is 2.05. The largest absolute Gasteiger partial charge is 0.0807 e. The van der Waals surface area contributed by atoms with E-state index in [1.165, 1.54) is 11.1 Å². The maximum Gasteiger partial charge on any atom is -0.0160 e. The van der Waals surface area contributed by atoms with Crippen LogP contribution >= 0.6 is 0 Å². The first-order valence-electron chi connectivity index (χ1n) is 4.25. The monoisotopic (exact) mass is 148 g/mol. The van der Waals surface area contributed by atoms with Crippen LogP contribution in [0.3, 0.4) is 0 Å². The third-order valence-corrected chi connectivity index (χ3v) is 2.05. The molecule has 1 aliphatic rings. The van der Waals surface area contributed by atoms with Crippen LogP contribution in [0, 0.1) is 5.92 Å². The molecule has 0 saturated heterocycles. The van der Waals surface area contributed by atoms with E-state index in [4.69, 9.17) is 0 Å². The van der Waals surface area contributed by atoms with Crippen molar-refractivity contribution < 1.29 is 0 Å². The number of allylic oxidation sites excluding steroid dienone is 6. The highest BCUT2D eigenvalue weighted by Gasteiger charge is 2.04. The van der Waals surface area contributed by atoms with Crippen molar-refractivity contribution in [2.75, 3.05) is 0 Å². The first kappa shape index (κ1) is 8.32. The quantitative estimate of drug-likeness (QED) is 0.534. The van der Waals surface area contributed by atoms with Gasteiger partial charge in [0, 0.05) is 0 Å². The van der Waals surface area contributed by atoms with Gasteiger partial charge in [0.1, 0.15) is 0 Å². The van der Waals surface area contributed by atoms with Gasteiger partial charge >= 0.3 is 0 Å². The van der Waals surface area contributed by atoms with Crippen molar-refractivity contribution in [2.45, 2.75) is 27.2 Å². The van der Waals surface area contributed by atoms with E-state index in [0.717, 1.165) is 6.42 Å². The van der Waals surface area contributed by atoms with E-state index in [2.05, 4.69) is 45.1 Å². The summed E-state index contributed by atoms with van der Waals surface area (Å²) in [6.07, 6.45) is 9.94. The van der Waals surface area contributed by atoms with Crippen LogP contribution in [0.15, 0.2) is 35.5 Å². The molecule has 0 saturated carbocycles. The minimum absolute atomic E-state index is 0.647. The summed E-state index contributed by atoms with van der Waals surface area (Å²) in [5, 5.41) is 0. The molecule has 1 rings (SSSR count). The van der Waals surface area contributed by atoms with Gasteiger partial charge in [-0.25, -0.2) is 0 Å². The molecule has 0 aromatic heterocycles. The fourth-order valence-electron chi connectivity index (χ4n) is 1.39. The van der Waals surface area contributed by atoms with Gasteiger partial charge in [-0.3, -0.25) is 0 Å². The summed E-state index contributed by atoms with van der Waals surface area (Å²) in [6, 6.07) is 0. The molecule has 0 heterocycles. The van der Waals surface area contributed by atoms with Gasteiger partial charge in [0.15, 0.2) is 0 Å². The molecule has 0 unspecified atom stereocenters. The van der Waals surface area contributed by atoms with E-state index < -0.39 is 0 Å². The predicted molar refractivity (Wildman–Crippen MR) is 50.4 cm³/mol. The molecule has 11 heavy (non-hydrogen) atoms. The first-order valence-corrected chi connectivity index (χ1v) is 4.25. The van der Waals surface area contributed by atoms with E-state index in [1.54, 1.807) is 0 Å². The average molecular weight is 148 g/mol. The highest BCUT2D eigenvalue weighted by atomic mass is 14.1. The summed E-state index contributed by atoms with van der Waals surface area (Å²) in [7, 11) is 0. The average Bonchev–Trinajstić information content (AvgIpc) is 2.13. The standard InChI is InChI=1S/C11H16/c1-9(2)11-8-6-4-5-7-10(11)3/h4,6-9H,5H2,1-3H3. The Morgan fingerprint density at radius 2 is 2.09 bits per heavy atom. The molecule has 0 N–H and O–H groups in total. The number of rotatable bonds is 1. The Balaban J connectivity index is 2.89. The van der Waals surface area contributed by atoms with Crippen molar-refractivity contribution in [2.24, 2.45) is 5.92 Å². The van der Waals surface area contributed by atoms with Crippen LogP contribution in [0.1, 0.15) is 27.2 Å². The molecular weight excluding hydrogens is 132 g/mol. The molecule has 0 bridgehead atoms. The van der Waals surface area contributed by atoms with E-state index in [-0.39, 0.29) is 0 Å². The molecule has 1 aliphatic carbocycles. The minimum Gasteiger partial charge on any atom is -0.0807 e. The van der Waals surface area contributed by atoms with Gasteiger partial charge in [-0.1, -0.05) is 43.7 Å². The highest BCUT2D eigenvalue weighted by molar-refractivity contribution is 5.36. The molecule has 0 amide bonds. The second-order valence-electron chi connectivity index (χ2n) is 3.33. The van der Waals surface area contributed by atoms with Crippen LogP contribution in [0.5, 0.6) is 0 Å². The summed E-state index contributed by atoms with van der Waals surface area (Å²) >= 11 is 0. The van der Waals surface area contributed by atoms with Crippen molar-refractivity contribution in [3.63, 3.8) is 0 Å². The fraction of sp³-hybridized carbons (Fsp3) is 0.455. The third kappa shape index (κ3) is 2.07. The minimum atomic E-state index is 0.647. The van der Waals surface area contributed by atoms with Crippen LogP contribution in [0.4, 0.5) is 0 Å². The fourth-order valence-corrected chi connectivity index (χ4v) is 1.39. The maximum absolute atomic E-state index is 2.29. The molecule has 0 aromatic rings. The van der Waals surface area contributed by atoms with Crippen LogP contribution < -0.4 is 0 Å². The Morgan fingerprint density at radius 3 is 2.73 bits per heavy atom. The zero-order valence-corrected chi connectivity index (χ0v) is 7.59. The lowest BCUT2D eigenvalue weighted by atomic mass is 9.96. The Hall–Kier alpha value is -0.780. The number of hydrogen-bond donors (Lipinski definition) is 0. The van der Waals surface area contributed by atoms with Gasteiger partial charge in [-0.2, -0.15) is 0 Å². The summed E-state index contributed by atoms with van der Waals surface area (Å²) in [4.78, 5) is 0. The summed E-state index contributed by atoms with van der Waals surface area (Å²) < 4.78 is 0. The van der Waals surface area contributed by atoms with Crippen LogP contribution in [-0.2, 0) is 0 Å². The predicted octanol–water partition coefficient (Wildman–Crippen LogP) is 3.48. The molecule has 0 nitrogen and oxygen atoms in total. The van der Waals surface area contributed by atoms with E-state index in [9.17, 15) is 0 Å². The summed E-state index contributed by atoms with van der Waals surface area (Å²) in [5.74, 6) is 0.647. The summed E-state index contributed by atoms with van der Waals surface area (Å²) in [6.45, 7) is 6.67. The molecule has 0 radical (unpaired) electrons. The van der Waals surface area contributed by atoms with Crippen molar-refractivity contribution >= 4 is 0 Å². The van der Waals surface area contributed by atoms with Crippen LogP contribution in [0.25, 0.3) is 0 Å². The Labute approximate surface area is 69.3 Å².